The van der Waals surface area contributed by atoms with Gasteiger partial charge in [-0.05, 0) is 123 Å². The first-order chi connectivity index (χ1) is 46.1. The molecule has 0 fully saturated rings. The Bertz CT molecular complexity index is 4540. The minimum Gasteiger partial charge on any atom is -0.514 e. The molecule has 0 spiro atoms. The fourth-order valence-electron chi connectivity index (χ4n) is 9.06. The fraction of sp³-hybridized carbons (Fsp3) is 0.235. The molecule has 0 saturated heterocycles. The monoisotopic (exact) mass is 1660 g/mol. The van der Waals surface area contributed by atoms with Gasteiger partial charge in [0, 0.05) is 198 Å². The van der Waals surface area contributed by atoms with Gasteiger partial charge in [0.2, 0.25) is 0 Å². The van der Waals surface area contributed by atoms with Crippen LogP contribution in [0.15, 0.2) is 194 Å². The van der Waals surface area contributed by atoms with E-state index in [1.54, 1.807) is 101 Å². The van der Waals surface area contributed by atoms with E-state index in [1.807, 2.05) is 137 Å². The fourth-order valence-corrected chi connectivity index (χ4v) is 9.89. The van der Waals surface area contributed by atoms with Gasteiger partial charge in [-0.2, -0.15) is 110 Å². The minimum atomic E-state index is -0.336. The third-order valence-electron chi connectivity index (χ3n) is 13.8. The first-order valence-corrected chi connectivity index (χ1v) is 30.8. The van der Waals surface area contributed by atoms with E-state index >= 15 is 0 Å². The Hall–Kier alpha value is -7.19. The largest absolute Gasteiger partial charge is 0.514 e. The summed E-state index contributed by atoms with van der Waals surface area (Å²) in [7, 11) is 6.25. The molecule has 0 aliphatic carbocycles. The van der Waals surface area contributed by atoms with Crippen molar-refractivity contribution in [2.24, 2.45) is 28.2 Å². The summed E-state index contributed by atoms with van der Waals surface area (Å²) in [6, 6.07) is 63.1. The first-order valence-electron chi connectivity index (χ1n) is 29.8. The van der Waals surface area contributed by atoms with Crippen LogP contribution in [0, 0.1) is 31.2 Å². The van der Waals surface area contributed by atoms with E-state index in [0.717, 1.165) is 50.0 Å². The molecule has 4 heterocycles. The number of nitrogens with zero attached hydrogens (tertiary/aromatic N) is 16. The van der Waals surface area contributed by atoms with Crippen molar-refractivity contribution in [1.82, 2.24) is 79.2 Å². The number of rotatable bonds is 22. The molecule has 0 amide bonds. The maximum Gasteiger partial charge on any atom is 0.368 e. The summed E-state index contributed by atoms with van der Waals surface area (Å²) >= 11 is 1.70. The van der Waals surface area contributed by atoms with Crippen molar-refractivity contribution in [2.75, 3.05) is 12.4 Å². The molecule has 26 nitrogen and oxygen atoms in total. The van der Waals surface area contributed by atoms with Gasteiger partial charge in [0.25, 0.3) is 0 Å². The zero-order chi connectivity index (χ0) is 67.2. The summed E-state index contributed by atoms with van der Waals surface area (Å²) < 4.78 is 44.7. The molecule has 0 N–H and O–H groups in total. The predicted molar refractivity (Wildman–Crippen MR) is 353 cm³/mol. The molecule has 502 valence electrons. The summed E-state index contributed by atoms with van der Waals surface area (Å²) in [5.74, 6) is 5.13. The molecule has 4 aromatic heterocycles. The topological polar surface area (TPSA) is 266 Å². The molecule has 8 aromatic carbocycles. The van der Waals surface area contributed by atoms with Gasteiger partial charge in [0.1, 0.15) is 37.9 Å². The minimum absolute atomic E-state index is 0. The van der Waals surface area contributed by atoms with E-state index in [2.05, 4.69) is 72.9 Å². The van der Waals surface area contributed by atoms with Crippen molar-refractivity contribution < 1.29 is 159 Å². The van der Waals surface area contributed by atoms with E-state index < -0.39 is 0 Å². The third-order valence-corrected chi connectivity index (χ3v) is 14.7. The van der Waals surface area contributed by atoms with Crippen LogP contribution in [-0.2, 0) is 185 Å². The summed E-state index contributed by atoms with van der Waals surface area (Å²) in [5.41, 5.74) is 5.59. The van der Waals surface area contributed by atoms with E-state index in [1.165, 1.54) is 37.5 Å². The van der Waals surface area contributed by atoms with Gasteiger partial charge in [0.05, 0.1) is 46.6 Å². The van der Waals surface area contributed by atoms with Gasteiger partial charge < -0.3 is 28.4 Å². The normalized spacial score (nSPS) is 10.3. The molecule has 0 saturated carbocycles. The molecule has 4 radical (unpaired) electrons. The maximum atomic E-state index is 12.2. The molecule has 0 aliphatic rings. The maximum absolute atomic E-state index is 12.2. The van der Waals surface area contributed by atoms with Crippen LogP contribution in [0.1, 0.15) is 55.5 Å². The number of hydrogen-bond donors (Lipinski definition) is 0. The standard InChI is InChI=1S/C18H19N4O3.C17H17N4O3.C17H17N4O2S.C16H15N4O2.4Y/c1-13(2)25-17-11-7-10-16(22-18(23)21(3)19-20-22)15(17)12-24-14-8-5-4-6-9-14;1-3-23-16-11-7-10-15(21-17(22)20(2)18-19-21)14(16)12-24-13-8-5-4-6-9-13;1-3-24-16-11-7-10-15(21-17(22)20(2)18-19-21)14(16)12-23-13-8-5-4-6-9-13;1-12-7-6-10-15(20-16(21)19(2)17-18-20)14(12)11-22-13-8-4-3-5-9-13;;;;/h5-11,13H,12H2,1-3H3;2*5-11H,3,12H2,1-2H3;4-10H,11H2,1-2H3;;;;/q4*-1;;;;. The third kappa shape index (κ3) is 22.4. The summed E-state index contributed by atoms with van der Waals surface area (Å²) in [5, 5.41) is 30.8. The molecule has 12 rings (SSSR count). The molecule has 0 bridgehead atoms. The molecule has 0 atom stereocenters. The van der Waals surface area contributed by atoms with Crippen molar-refractivity contribution in [2.45, 2.75) is 72.0 Å². The molecule has 99 heavy (non-hydrogen) atoms. The van der Waals surface area contributed by atoms with Crippen LogP contribution in [0.4, 0.5) is 0 Å². The van der Waals surface area contributed by atoms with Gasteiger partial charge in [-0.1, -0.05) is 37.3 Å². The van der Waals surface area contributed by atoms with E-state index in [-0.39, 0.29) is 173 Å². The quantitative estimate of drug-likeness (QED) is 0.0459. The van der Waals surface area contributed by atoms with E-state index in [0.29, 0.717) is 65.6 Å². The van der Waals surface area contributed by atoms with Gasteiger partial charge >= 0.3 is 22.8 Å². The number of aromatic nitrogens is 16. The van der Waals surface area contributed by atoms with Crippen molar-refractivity contribution >= 4 is 11.8 Å². The first kappa shape index (κ1) is 82.5. The van der Waals surface area contributed by atoms with E-state index in [9.17, 15) is 19.2 Å². The molecular weight excluding hydrogens is 1590 g/mol. The van der Waals surface area contributed by atoms with Gasteiger partial charge in [-0.3, -0.25) is 0 Å². The van der Waals surface area contributed by atoms with Crippen LogP contribution in [0.3, 0.4) is 0 Å². The number of aryl methyl sites for hydroxylation is 5. The van der Waals surface area contributed by atoms with Gasteiger partial charge in [0.15, 0.2) is 0 Å². The number of tetrazole rings is 4. The summed E-state index contributed by atoms with van der Waals surface area (Å²) in [4.78, 5) is 49.8. The predicted octanol–water partition coefficient (Wildman–Crippen LogP) is 7.98. The number of hydrogen-bond acceptors (Lipinski definition) is 19. The molecular formula is C68H68N16O10SY4-4. The zero-order valence-corrected chi connectivity index (χ0v) is 68.1. The van der Waals surface area contributed by atoms with Crippen LogP contribution < -0.4 is 51.2 Å². The van der Waals surface area contributed by atoms with Gasteiger partial charge in [-0.25, -0.2) is 19.2 Å². The van der Waals surface area contributed by atoms with Crippen LogP contribution in [0.5, 0.6) is 34.5 Å². The molecule has 31 heteroatoms. The van der Waals surface area contributed by atoms with Crippen molar-refractivity contribution in [3.05, 3.63) is 264 Å². The average molecular weight is 1660 g/mol. The second-order valence-electron chi connectivity index (χ2n) is 20.7. The van der Waals surface area contributed by atoms with E-state index in [4.69, 9.17) is 28.4 Å². The second kappa shape index (κ2) is 41.5. The Kier molecular flexibility index (Phi) is 34.6. The van der Waals surface area contributed by atoms with Crippen LogP contribution in [-0.4, -0.2) is 97.6 Å². The summed E-state index contributed by atoms with van der Waals surface area (Å²) in [6.07, 6.45) is -0.0149. The van der Waals surface area contributed by atoms with Crippen molar-refractivity contribution in [1.29, 1.82) is 0 Å². The second-order valence-corrected chi connectivity index (χ2v) is 22.0. The average Bonchev–Trinajstić information content (AvgIpc) is 1.78. The number of benzene rings is 8. The SMILES string of the molecule is CC(C)Oc1cccc(-n2nnn(C)c2=O)c1COc1cc[c-]cc1.CCOc1cccc(-n2nnn(C)c2=O)c1COc1cc[c-]cc1.CCSc1cccc(-n2nnn(C)c2=O)c1COc1cc[c-]cc1.Cc1cccc(-n2nnn(C)c2=O)c1COc1cc[c-]cc1.[Y].[Y].[Y].[Y]. The molecule has 0 unspecified atom stereocenters. The van der Waals surface area contributed by atoms with Crippen LogP contribution >= 0.6 is 11.8 Å². The molecule has 0 aliphatic heterocycles. The van der Waals surface area contributed by atoms with Crippen molar-refractivity contribution in [3.63, 3.8) is 0 Å². The Labute approximate surface area is 676 Å². The van der Waals surface area contributed by atoms with Crippen LogP contribution in [0.2, 0.25) is 0 Å². The Balaban J connectivity index is 0.000000235. The Morgan fingerprint density at radius 2 is 0.687 bits per heavy atom. The summed E-state index contributed by atoms with van der Waals surface area (Å²) in [6.45, 7) is 11.5. The van der Waals surface area contributed by atoms with Crippen LogP contribution in [0.25, 0.3) is 22.7 Å². The number of thioether (sulfide) groups is 1. The molecule has 12 aromatic rings. The Morgan fingerprint density at radius 1 is 0.384 bits per heavy atom. The van der Waals surface area contributed by atoms with Crippen molar-refractivity contribution in [3.8, 4) is 57.2 Å². The number of ether oxygens (including phenoxy) is 6. The Morgan fingerprint density at radius 3 is 1.02 bits per heavy atom. The smallest absolute Gasteiger partial charge is 0.368 e. The van der Waals surface area contributed by atoms with Gasteiger partial charge in [-0.15, -0.1) is 60.3 Å². The zero-order valence-electron chi connectivity index (χ0n) is 55.9.